The van der Waals surface area contributed by atoms with Crippen molar-refractivity contribution in [1.29, 1.82) is 0 Å². The van der Waals surface area contributed by atoms with Crippen molar-refractivity contribution in [3.63, 3.8) is 0 Å². The molecule has 1 heterocycles. The van der Waals surface area contributed by atoms with Crippen molar-refractivity contribution in [2.45, 2.75) is 12.4 Å². The number of hydrogen-bond acceptors (Lipinski definition) is 2. The number of carbonyl (C=O) groups is 1. The van der Waals surface area contributed by atoms with E-state index in [1.165, 1.54) is 11.0 Å². The third kappa shape index (κ3) is 2.18. The summed E-state index contributed by atoms with van der Waals surface area (Å²) >= 11 is 5.79. The molecule has 0 radical (unpaired) electrons. The number of nitrogens with zero attached hydrogens (tertiary/aromatic N) is 3. The highest BCUT2D eigenvalue weighted by Gasteiger charge is 2.15. The molecular formula is C12H13ClFN3O. The molecule has 0 saturated carbocycles. The van der Waals surface area contributed by atoms with Gasteiger partial charge in [-0.25, -0.2) is 9.37 Å². The Morgan fingerprint density at radius 2 is 2.22 bits per heavy atom. The van der Waals surface area contributed by atoms with Gasteiger partial charge in [-0.1, -0.05) is 6.07 Å². The second-order valence-electron chi connectivity index (χ2n) is 4.14. The van der Waals surface area contributed by atoms with Gasteiger partial charge in [0, 0.05) is 14.1 Å². The zero-order valence-electron chi connectivity index (χ0n) is 10.2. The van der Waals surface area contributed by atoms with Crippen molar-refractivity contribution in [3.05, 3.63) is 29.8 Å². The van der Waals surface area contributed by atoms with Crippen LogP contribution in [0.15, 0.2) is 18.2 Å². The van der Waals surface area contributed by atoms with Gasteiger partial charge in [-0.2, -0.15) is 0 Å². The summed E-state index contributed by atoms with van der Waals surface area (Å²) < 4.78 is 15.2. The summed E-state index contributed by atoms with van der Waals surface area (Å²) in [5.41, 5.74) is 0.834. The molecule has 0 bridgehead atoms. The van der Waals surface area contributed by atoms with Crippen molar-refractivity contribution in [3.8, 4) is 0 Å². The Labute approximate surface area is 109 Å². The van der Waals surface area contributed by atoms with E-state index < -0.39 is 5.82 Å². The van der Waals surface area contributed by atoms with Crippen molar-refractivity contribution in [2.75, 3.05) is 14.1 Å². The average molecular weight is 270 g/mol. The minimum absolute atomic E-state index is 0.0927. The number of imidazole rings is 1. The second-order valence-corrected chi connectivity index (χ2v) is 4.41. The summed E-state index contributed by atoms with van der Waals surface area (Å²) in [4.78, 5) is 17.4. The van der Waals surface area contributed by atoms with Crippen LogP contribution in [0.25, 0.3) is 11.0 Å². The quantitative estimate of drug-likeness (QED) is 0.800. The zero-order chi connectivity index (χ0) is 13.3. The van der Waals surface area contributed by atoms with Crippen molar-refractivity contribution in [1.82, 2.24) is 14.5 Å². The molecule has 0 aliphatic carbocycles. The standard InChI is InChI=1S/C12H13ClFN3O/c1-16(2)11(18)7-17-9-5-3-4-8(14)12(9)15-10(17)6-13/h3-5H,6-7H2,1-2H3. The summed E-state index contributed by atoms with van der Waals surface area (Å²) in [6.07, 6.45) is 0. The van der Waals surface area contributed by atoms with Crippen LogP contribution in [0.4, 0.5) is 4.39 Å². The number of carbonyl (C=O) groups excluding carboxylic acids is 1. The molecule has 0 unspecified atom stereocenters. The Hall–Kier alpha value is -1.62. The average Bonchev–Trinajstić information content (AvgIpc) is 2.69. The summed E-state index contributed by atoms with van der Waals surface area (Å²) in [7, 11) is 3.34. The molecule has 1 amide bonds. The molecule has 0 spiro atoms. The summed E-state index contributed by atoms with van der Waals surface area (Å²) in [5.74, 6) is 0.126. The second kappa shape index (κ2) is 4.94. The topological polar surface area (TPSA) is 38.1 Å². The van der Waals surface area contributed by atoms with Gasteiger partial charge in [-0.3, -0.25) is 4.79 Å². The molecule has 0 aliphatic rings. The van der Waals surface area contributed by atoms with Gasteiger partial charge in [0.2, 0.25) is 5.91 Å². The van der Waals surface area contributed by atoms with Gasteiger partial charge in [0.05, 0.1) is 11.4 Å². The Kier molecular flexibility index (Phi) is 3.52. The first kappa shape index (κ1) is 12.8. The van der Waals surface area contributed by atoms with E-state index in [4.69, 9.17) is 11.6 Å². The van der Waals surface area contributed by atoms with E-state index in [2.05, 4.69) is 4.98 Å². The predicted molar refractivity (Wildman–Crippen MR) is 67.9 cm³/mol. The maximum absolute atomic E-state index is 13.6. The summed E-state index contributed by atoms with van der Waals surface area (Å²) in [5, 5.41) is 0. The highest BCUT2D eigenvalue weighted by Crippen LogP contribution is 2.20. The molecule has 0 fully saturated rings. The molecule has 0 atom stereocenters. The van der Waals surface area contributed by atoms with Gasteiger partial charge in [0.15, 0.2) is 5.82 Å². The predicted octanol–water partition coefficient (Wildman–Crippen LogP) is 2.00. The van der Waals surface area contributed by atoms with Crippen LogP contribution >= 0.6 is 11.6 Å². The molecule has 1 aromatic heterocycles. The lowest BCUT2D eigenvalue weighted by Crippen LogP contribution is -2.26. The fourth-order valence-corrected chi connectivity index (χ4v) is 1.92. The van der Waals surface area contributed by atoms with E-state index in [1.54, 1.807) is 30.8 Å². The van der Waals surface area contributed by atoms with Crippen molar-refractivity contribution < 1.29 is 9.18 Å². The largest absolute Gasteiger partial charge is 0.347 e. The number of alkyl halides is 1. The lowest BCUT2D eigenvalue weighted by atomic mass is 10.3. The van der Waals surface area contributed by atoms with Crippen LogP contribution in [0.1, 0.15) is 5.82 Å². The van der Waals surface area contributed by atoms with Crippen LogP contribution in [0.2, 0.25) is 0 Å². The molecule has 96 valence electrons. The van der Waals surface area contributed by atoms with Crippen LogP contribution in [-0.4, -0.2) is 34.5 Å². The van der Waals surface area contributed by atoms with E-state index in [9.17, 15) is 9.18 Å². The number of halogens is 2. The van der Waals surface area contributed by atoms with Crippen LogP contribution < -0.4 is 0 Å². The Bertz CT molecular complexity index is 594. The Morgan fingerprint density at radius 3 is 2.83 bits per heavy atom. The number of benzene rings is 1. The molecular weight excluding hydrogens is 257 g/mol. The van der Waals surface area contributed by atoms with E-state index in [-0.39, 0.29) is 23.8 Å². The number of aromatic nitrogens is 2. The maximum Gasteiger partial charge on any atom is 0.242 e. The molecule has 1 aromatic carbocycles. The lowest BCUT2D eigenvalue weighted by Gasteiger charge is -2.12. The summed E-state index contributed by atoms with van der Waals surface area (Å²) in [6, 6.07) is 4.66. The fraction of sp³-hybridized carbons (Fsp3) is 0.333. The highest BCUT2D eigenvalue weighted by molar-refractivity contribution is 6.16. The first-order valence-corrected chi connectivity index (χ1v) is 5.97. The lowest BCUT2D eigenvalue weighted by molar-refractivity contribution is -0.129. The molecule has 18 heavy (non-hydrogen) atoms. The van der Waals surface area contributed by atoms with E-state index in [0.717, 1.165) is 0 Å². The summed E-state index contributed by atoms with van der Waals surface area (Å²) in [6.45, 7) is 0.106. The molecule has 0 aliphatic heterocycles. The minimum Gasteiger partial charge on any atom is -0.347 e. The Morgan fingerprint density at radius 1 is 1.50 bits per heavy atom. The van der Waals surface area contributed by atoms with Gasteiger partial charge in [0.25, 0.3) is 0 Å². The van der Waals surface area contributed by atoms with E-state index in [0.29, 0.717) is 11.3 Å². The molecule has 0 N–H and O–H groups in total. The van der Waals surface area contributed by atoms with Crippen molar-refractivity contribution in [2.24, 2.45) is 0 Å². The first-order chi connectivity index (χ1) is 8.54. The maximum atomic E-state index is 13.6. The van der Waals surface area contributed by atoms with E-state index in [1.807, 2.05) is 0 Å². The van der Waals surface area contributed by atoms with Crippen LogP contribution in [-0.2, 0) is 17.2 Å². The molecule has 2 aromatic rings. The Balaban J connectivity index is 2.54. The smallest absolute Gasteiger partial charge is 0.242 e. The van der Waals surface area contributed by atoms with Crippen LogP contribution in [0, 0.1) is 5.82 Å². The number of hydrogen-bond donors (Lipinski definition) is 0. The fourth-order valence-electron chi connectivity index (χ4n) is 1.72. The van der Waals surface area contributed by atoms with Gasteiger partial charge in [0.1, 0.15) is 17.9 Å². The number of rotatable bonds is 3. The van der Waals surface area contributed by atoms with Crippen molar-refractivity contribution >= 4 is 28.5 Å². The molecule has 2 rings (SSSR count). The first-order valence-electron chi connectivity index (χ1n) is 5.44. The minimum atomic E-state index is -0.407. The third-order valence-corrected chi connectivity index (χ3v) is 2.96. The monoisotopic (exact) mass is 269 g/mol. The van der Waals surface area contributed by atoms with Crippen LogP contribution in [0.3, 0.4) is 0 Å². The van der Waals surface area contributed by atoms with Gasteiger partial charge < -0.3 is 9.47 Å². The van der Waals surface area contributed by atoms with Gasteiger partial charge in [-0.05, 0) is 12.1 Å². The SMILES string of the molecule is CN(C)C(=O)Cn1c(CCl)nc2c(F)cccc21. The number of fused-ring (bicyclic) bond motifs is 1. The number of amides is 1. The van der Waals surface area contributed by atoms with Gasteiger partial charge in [-0.15, -0.1) is 11.6 Å². The van der Waals surface area contributed by atoms with E-state index >= 15 is 0 Å². The molecule has 0 saturated heterocycles. The highest BCUT2D eigenvalue weighted by atomic mass is 35.5. The zero-order valence-corrected chi connectivity index (χ0v) is 10.9. The number of likely N-dealkylation sites (N-methyl/N-ethyl adjacent to an activating group) is 1. The third-order valence-electron chi connectivity index (χ3n) is 2.72. The normalized spacial score (nSPS) is 10.9. The molecule has 4 nitrogen and oxygen atoms in total. The van der Waals surface area contributed by atoms with Crippen LogP contribution in [0.5, 0.6) is 0 Å². The molecule has 6 heteroatoms. The number of para-hydroxylation sites is 1. The van der Waals surface area contributed by atoms with Gasteiger partial charge >= 0.3 is 0 Å².